The maximum Gasteiger partial charge on any atom is 0.226 e. The van der Waals surface area contributed by atoms with Crippen molar-refractivity contribution >= 4 is 5.91 Å². The largest absolute Gasteiger partial charge is 0.493 e. The molecule has 1 saturated heterocycles. The number of benzene rings is 2. The number of likely N-dealkylation sites (N-methyl/N-ethyl adjacent to an activating group) is 1. The maximum absolute atomic E-state index is 13.2. The minimum atomic E-state index is -0.0128. The number of hydrogen-bond donors (Lipinski definition) is 0. The molecule has 1 atom stereocenters. The Bertz CT molecular complexity index is 971. The average Bonchev–Trinajstić information content (AvgIpc) is 2.90. The molecule has 1 aliphatic rings. The van der Waals surface area contributed by atoms with Crippen molar-refractivity contribution in [3.63, 3.8) is 0 Å². The first-order valence-electron chi connectivity index (χ1n) is 11.9. The zero-order valence-electron chi connectivity index (χ0n) is 21.8. The molecule has 1 amide bonds. The van der Waals surface area contributed by atoms with Gasteiger partial charge in [-0.25, -0.2) is 0 Å². The highest BCUT2D eigenvalue weighted by Gasteiger charge is 2.28. The van der Waals surface area contributed by atoms with Gasteiger partial charge in [-0.15, -0.1) is 0 Å². The molecule has 2 aromatic rings. The summed E-state index contributed by atoms with van der Waals surface area (Å²) in [4.78, 5) is 17.4. The minimum absolute atomic E-state index is 0.0128. The van der Waals surface area contributed by atoms with Crippen molar-refractivity contribution in [3.8, 4) is 28.7 Å². The van der Waals surface area contributed by atoms with Crippen molar-refractivity contribution in [3.05, 3.63) is 41.5 Å². The van der Waals surface area contributed by atoms with E-state index in [1.165, 1.54) is 0 Å². The summed E-state index contributed by atoms with van der Waals surface area (Å²) in [6.45, 7) is 3.06. The van der Waals surface area contributed by atoms with Crippen LogP contribution in [0.5, 0.6) is 28.7 Å². The number of carbonyl (C=O) groups is 1. The second kappa shape index (κ2) is 12.5. The molecule has 8 heteroatoms. The summed E-state index contributed by atoms with van der Waals surface area (Å²) < 4.78 is 27.1. The molecule has 2 aromatic carbocycles. The van der Waals surface area contributed by atoms with E-state index in [4.69, 9.17) is 23.7 Å². The fraction of sp³-hybridized carbons (Fsp3) is 0.519. The van der Waals surface area contributed by atoms with Crippen LogP contribution in [0.15, 0.2) is 30.3 Å². The standard InChI is InChI=1S/C27H38N2O6/c1-28(13-11-19-9-10-22(31-2)23(14-19)32-3)27(30)21-8-7-12-29(18-21)17-20-15-24(33-4)26(35-6)25(16-20)34-5/h9-10,14-16,21H,7-8,11-13,17-18H2,1-6H3/t21-/m1/s1. The molecule has 1 fully saturated rings. The molecule has 35 heavy (non-hydrogen) atoms. The van der Waals surface area contributed by atoms with Crippen LogP contribution in [0.4, 0.5) is 0 Å². The van der Waals surface area contributed by atoms with E-state index in [-0.39, 0.29) is 11.8 Å². The third kappa shape index (κ3) is 6.51. The van der Waals surface area contributed by atoms with Gasteiger partial charge >= 0.3 is 0 Å². The van der Waals surface area contributed by atoms with E-state index < -0.39 is 0 Å². The molecule has 3 rings (SSSR count). The summed E-state index contributed by atoms with van der Waals surface area (Å²) in [7, 11) is 9.98. The predicted octanol–water partition coefficient (Wildman–Crippen LogP) is 3.64. The number of piperidine rings is 1. The number of nitrogens with zero attached hydrogens (tertiary/aromatic N) is 2. The van der Waals surface area contributed by atoms with Crippen LogP contribution in [0.2, 0.25) is 0 Å². The second-order valence-corrected chi connectivity index (χ2v) is 8.81. The number of hydrogen-bond acceptors (Lipinski definition) is 7. The van der Waals surface area contributed by atoms with E-state index in [1.54, 1.807) is 35.5 Å². The molecule has 0 spiro atoms. The van der Waals surface area contributed by atoms with Gasteiger partial charge in [0.15, 0.2) is 23.0 Å². The molecule has 0 bridgehead atoms. The van der Waals surface area contributed by atoms with E-state index >= 15 is 0 Å². The normalized spacial score (nSPS) is 15.9. The molecular formula is C27H38N2O6. The fourth-order valence-corrected chi connectivity index (χ4v) is 4.64. The lowest BCUT2D eigenvalue weighted by Crippen LogP contribution is -2.43. The summed E-state index contributed by atoms with van der Waals surface area (Å²) in [5.74, 6) is 3.45. The highest BCUT2D eigenvalue weighted by atomic mass is 16.5. The minimum Gasteiger partial charge on any atom is -0.493 e. The Morgan fingerprint density at radius 2 is 1.51 bits per heavy atom. The first-order chi connectivity index (χ1) is 16.9. The molecule has 8 nitrogen and oxygen atoms in total. The number of rotatable bonds is 11. The molecule has 1 heterocycles. The third-order valence-corrected chi connectivity index (χ3v) is 6.55. The van der Waals surface area contributed by atoms with Crippen molar-refractivity contribution in [2.24, 2.45) is 5.92 Å². The zero-order chi connectivity index (χ0) is 25.4. The van der Waals surface area contributed by atoms with Crippen molar-refractivity contribution in [2.75, 3.05) is 62.2 Å². The lowest BCUT2D eigenvalue weighted by atomic mass is 9.96. The topological polar surface area (TPSA) is 69.7 Å². The van der Waals surface area contributed by atoms with Crippen LogP contribution in [0, 0.1) is 5.92 Å². The summed E-state index contributed by atoms with van der Waals surface area (Å²) >= 11 is 0. The maximum atomic E-state index is 13.2. The lowest BCUT2D eigenvalue weighted by molar-refractivity contribution is -0.136. The second-order valence-electron chi connectivity index (χ2n) is 8.81. The highest BCUT2D eigenvalue weighted by Crippen LogP contribution is 2.38. The highest BCUT2D eigenvalue weighted by molar-refractivity contribution is 5.79. The zero-order valence-corrected chi connectivity index (χ0v) is 21.8. The van der Waals surface area contributed by atoms with Gasteiger partial charge in [-0.05, 0) is 61.2 Å². The molecule has 0 unspecified atom stereocenters. The predicted molar refractivity (Wildman–Crippen MR) is 135 cm³/mol. The third-order valence-electron chi connectivity index (χ3n) is 6.55. The van der Waals surface area contributed by atoms with Crippen LogP contribution in [-0.2, 0) is 17.8 Å². The van der Waals surface area contributed by atoms with Crippen LogP contribution in [-0.4, -0.2) is 77.9 Å². The van der Waals surface area contributed by atoms with Gasteiger partial charge in [-0.1, -0.05) is 6.07 Å². The molecule has 0 radical (unpaired) electrons. The van der Waals surface area contributed by atoms with Crippen LogP contribution < -0.4 is 23.7 Å². The quantitative estimate of drug-likeness (QED) is 0.480. The molecule has 0 N–H and O–H groups in total. The number of amides is 1. The van der Waals surface area contributed by atoms with Gasteiger partial charge in [-0.2, -0.15) is 0 Å². The average molecular weight is 487 g/mol. The Hall–Kier alpha value is -3.13. The van der Waals surface area contributed by atoms with Crippen LogP contribution in [0.25, 0.3) is 0 Å². The summed E-state index contributed by atoms with van der Waals surface area (Å²) in [5.41, 5.74) is 2.17. The van der Waals surface area contributed by atoms with Gasteiger partial charge in [0.25, 0.3) is 0 Å². The van der Waals surface area contributed by atoms with Crippen LogP contribution in [0.3, 0.4) is 0 Å². The monoisotopic (exact) mass is 486 g/mol. The van der Waals surface area contributed by atoms with Gasteiger partial charge in [0.2, 0.25) is 11.7 Å². The van der Waals surface area contributed by atoms with Gasteiger partial charge in [0, 0.05) is 26.7 Å². The van der Waals surface area contributed by atoms with Crippen molar-refractivity contribution in [1.29, 1.82) is 0 Å². The SMILES string of the molecule is COc1ccc(CCN(C)C(=O)[C@@H]2CCCN(Cc3cc(OC)c(OC)c(OC)c3)C2)cc1OC. The molecule has 0 aromatic heterocycles. The summed E-state index contributed by atoms with van der Waals surface area (Å²) in [6.07, 6.45) is 2.65. The first-order valence-corrected chi connectivity index (χ1v) is 11.9. The Balaban J connectivity index is 1.60. The smallest absolute Gasteiger partial charge is 0.226 e. The molecule has 0 aliphatic carbocycles. The fourth-order valence-electron chi connectivity index (χ4n) is 4.64. The van der Waals surface area contributed by atoms with Gasteiger partial charge in [0.05, 0.1) is 41.5 Å². The lowest BCUT2D eigenvalue weighted by Gasteiger charge is -2.34. The van der Waals surface area contributed by atoms with E-state index in [2.05, 4.69) is 4.90 Å². The number of carbonyl (C=O) groups excluding carboxylic acids is 1. The number of methoxy groups -OCH3 is 5. The van der Waals surface area contributed by atoms with Gasteiger partial charge in [0.1, 0.15) is 0 Å². The Morgan fingerprint density at radius 1 is 0.886 bits per heavy atom. The molecular weight excluding hydrogens is 448 g/mol. The van der Waals surface area contributed by atoms with Crippen LogP contribution in [0.1, 0.15) is 24.0 Å². The van der Waals surface area contributed by atoms with Crippen LogP contribution >= 0.6 is 0 Å². The summed E-state index contributed by atoms with van der Waals surface area (Å²) in [5, 5.41) is 0. The van der Waals surface area contributed by atoms with E-state index in [0.29, 0.717) is 35.3 Å². The Morgan fingerprint density at radius 3 is 2.11 bits per heavy atom. The van der Waals surface area contributed by atoms with Crippen molar-refractivity contribution < 1.29 is 28.5 Å². The summed E-state index contributed by atoms with van der Waals surface area (Å²) in [6, 6.07) is 9.83. The van der Waals surface area contributed by atoms with Crippen molar-refractivity contribution in [2.45, 2.75) is 25.8 Å². The molecule has 0 saturated carbocycles. The Labute approximate surface area is 208 Å². The van der Waals surface area contributed by atoms with E-state index in [9.17, 15) is 4.79 Å². The first kappa shape index (κ1) is 26.5. The van der Waals surface area contributed by atoms with E-state index in [0.717, 1.165) is 50.0 Å². The van der Waals surface area contributed by atoms with Gasteiger partial charge in [-0.3, -0.25) is 9.69 Å². The molecule has 192 valence electrons. The number of ether oxygens (including phenoxy) is 5. The molecule has 1 aliphatic heterocycles. The van der Waals surface area contributed by atoms with Gasteiger partial charge < -0.3 is 28.6 Å². The number of likely N-dealkylation sites (tertiary alicyclic amines) is 1. The van der Waals surface area contributed by atoms with Crippen molar-refractivity contribution in [1.82, 2.24) is 9.80 Å². The van der Waals surface area contributed by atoms with E-state index in [1.807, 2.05) is 42.3 Å². The Kier molecular flexibility index (Phi) is 9.48.